The second-order valence-electron chi connectivity index (χ2n) is 5.28. The number of carbonyl (C=O) groups excluding carboxylic acids is 1. The van der Waals surface area contributed by atoms with Crippen LogP contribution in [0.25, 0.3) is 5.52 Å². The average molecular weight is 276 g/mol. The van der Waals surface area contributed by atoms with Crippen LogP contribution in [0.1, 0.15) is 36.0 Å². The highest BCUT2D eigenvalue weighted by molar-refractivity contribution is 6.01. The number of halogens is 1. The maximum atomic E-state index is 13.3. The number of nitrogens with zero attached hydrogens (tertiary/aromatic N) is 2. The lowest BCUT2D eigenvalue weighted by atomic mass is 9.94. The van der Waals surface area contributed by atoms with E-state index in [9.17, 15) is 9.18 Å². The van der Waals surface area contributed by atoms with Gasteiger partial charge in [0.2, 0.25) is 0 Å². The summed E-state index contributed by atoms with van der Waals surface area (Å²) in [5, 5.41) is 7.01. The molecule has 20 heavy (non-hydrogen) atoms. The first kappa shape index (κ1) is 12.9. The third kappa shape index (κ3) is 2.45. The lowest BCUT2D eigenvalue weighted by molar-refractivity contribution is 0.0914. The summed E-state index contributed by atoms with van der Waals surface area (Å²) in [6, 6.07) is 3.33. The molecule has 0 saturated heterocycles. The third-order valence-corrected chi connectivity index (χ3v) is 3.74. The molecule has 3 N–H and O–H groups in total. The van der Waals surface area contributed by atoms with Crippen molar-refractivity contribution in [3.8, 4) is 0 Å². The highest BCUT2D eigenvalue weighted by atomic mass is 19.1. The zero-order valence-electron chi connectivity index (χ0n) is 11.1. The number of fused-ring (bicyclic) bond motifs is 1. The number of carbonyl (C=O) groups is 1. The summed E-state index contributed by atoms with van der Waals surface area (Å²) in [4.78, 5) is 12.3. The number of hydrogen-bond donors (Lipinski definition) is 2. The molecule has 2 unspecified atom stereocenters. The largest absolute Gasteiger partial charge is 0.399 e. The lowest BCUT2D eigenvalue weighted by Gasteiger charge is -2.25. The van der Waals surface area contributed by atoms with Crippen molar-refractivity contribution >= 4 is 17.1 Å². The van der Waals surface area contributed by atoms with Gasteiger partial charge in [0.15, 0.2) is 0 Å². The normalized spacial score (nSPS) is 22.9. The molecule has 2 atom stereocenters. The van der Waals surface area contributed by atoms with E-state index in [2.05, 4.69) is 10.4 Å². The van der Waals surface area contributed by atoms with Gasteiger partial charge in [0.25, 0.3) is 5.91 Å². The van der Waals surface area contributed by atoms with Gasteiger partial charge in [-0.15, -0.1) is 0 Å². The van der Waals surface area contributed by atoms with Crippen molar-refractivity contribution in [1.29, 1.82) is 0 Å². The van der Waals surface area contributed by atoms with Crippen LogP contribution in [0, 0.1) is 0 Å². The van der Waals surface area contributed by atoms with Crippen molar-refractivity contribution in [3.63, 3.8) is 0 Å². The number of nitrogens with one attached hydrogen (secondary N) is 1. The van der Waals surface area contributed by atoms with Crippen molar-refractivity contribution < 1.29 is 9.18 Å². The van der Waals surface area contributed by atoms with Crippen LogP contribution >= 0.6 is 0 Å². The van der Waals surface area contributed by atoms with Crippen molar-refractivity contribution in [2.24, 2.45) is 0 Å². The van der Waals surface area contributed by atoms with Crippen LogP contribution in [0.5, 0.6) is 0 Å². The summed E-state index contributed by atoms with van der Waals surface area (Å²) < 4.78 is 14.9. The molecule has 5 nitrogen and oxygen atoms in total. The topological polar surface area (TPSA) is 72.4 Å². The van der Waals surface area contributed by atoms with Crippen LogP contribution in [0.2, 0.25) is 0 Å². The van der Waals surface area contributed by atoms with Crippen molar-refractivity contribution in [3.05, 3.63) is 30.1 Å². The van der Waals surface area contributed by atoms with Crippen LogP contribution in [0.15, 0.2) is 24.5 Å². The molecule has 2 aromatic heterocycles. The number of alkyl halides is 1. The fraction of sp³-hybridized carbons (Fsp3) is 0.429. The predicted molar refractivity (Wildman–Crippen MR) is 74.2 cm³/mol. The fourth-order valence-corrected chi connectivity index (χ4v) is 2.70. The maximum absolute atomic E-state index is 13.3. The molecule has 1 saturated carbocycles. The number of anilines is 1. The molecule has 0 aliphatic heterocycles. The molecule has 3 rings (SSSR count). The Hall–Kier alpha value is -2.11. The molecule has 0 radical (unpaired) electrons. The van der Waals surface area contributed by atoms with Gasteiger partial charge in [-0.25, -0.2) is 8.91 Å². The number of rotatable bonds is 2. The molecular formula is C14H17FN4O. The zero-order valence-corrected chi connectivity index (χ0v) is 11.1. The van der Waals surface area contributed by atoms with E-state index in [4.69, 9.17) is 5.73 Å². The minimum Gasteiger partial charge on any atom is -0.399 e. The molecule has 1 aliphatic carbocycles. The average Bonchev–Trinajstić information content (AvgIpc) is 2.81. The summed E-state index contributed by atoms with van der Waals surface area (Å²) in [7, 11) is 0. The van der Waals surface area contributed by atoms with Crippen LogP contribution in [-0.2, 0) is 0 Å². The number of aromatic nitrogens is 2. The number of hydrogen-bond acceptors (Lipinski definition) is 3. The molecule has 1 aliphatic rings. The molecule has 0 aromatic carbocycles. The molecule has 1 amide bonds. The Balaban J connectivity index is 1.80. The number of nitrogens with two attached hydrogens (primary N) is 1. The highest BCUT2D eigenvalue weighted by Gasteiger charge is 2.24. The van der Waals surface area contributed by atoms with Crippen LogP contribution in [-0.4, -0.2) is 27.7 Å². The zero-order chi connectivity index (χ0) is 14.1. The quantitative estimate of drug-likeness (QED) is 0.880. The van der Waals surface area contributed by atoms with E-state index < -0.39 is 6.17 Å². The van der Waals surface area contributed by atoms with Crippen molar-refractivity contribution in [1.82, 2.24) is 14.9 Å². The van der Waals surface area contributed by atoms with Crippen LogP contribution in [0.4, 0.5) is 10.1 Å². The minimum absolute atomic E-state index is 0.0951. The Labute approximate surface area is 116 Å². The summed E-state index contributed by atoms with van der Waals surface area (Å²) in [6.07, 6.45) is 5.04. The highest BCUT2D eigenvalue weighted by Crippen LogP contribution is 2.22. The SMILES string of the molecule is Nc1ccn2ncc(C(=O)NC3CCCC(F)C3)c2c1. The number of pyridine rings is 1. The van der Waals surface area contributed by atoms with E-state index in [1.165, 1.54) is 6.20 Å². The molecule has 2 aromatic rings. The van der Waals surface area contributed by atoms with Crippen molar-refractivity contribution in [2.75, 3.05) is 5.73 Å². The van der Waals surface area contributed by atoms with E-state index in [-0.39, 0.29) is 11.9 Å². The maximum Gasteiger partial charge on any atom is 0.255 e. The first-order valence-electron chi connectivity index (χ1n) is 6.81. The molecular weight excluding hydrogens is 259 g/mol. The van der Waals surface area contributed by atoms with Gasteiger partial charge >= 0.3 is 0 Å². The molecule has 6 heteroatoms. The standard InChI is InChI=1S/C14H17FN4O/c15-9-2-1-3-11(6-9)18-14(20)12-8-17-19-5-4-10(16)7-13(12)19/h4-5,7-9,11H,1-3,6,16H2,(H,18,20). The van der Waals surface area contributed by atoms with Crippen LogP contribution in [0.3, 0.4) is 0 Å². The first-order valence-corrected chi connectivity index (χ1v) is 6.81. The first-order chi connectivity index (χ1) is 9.63. The summed E-state index contributed by atoms with van der Waals surface area (Å²) in [5.41, 5.74) is 7.44. The van der Waals surface area contributed by atoms with Gasteiger partial charge in [-0.2, -0.15) is 5.10 Å². The fourth-order valence-electron chi connectivity index (χ4n) is 2.70. The summed E-state index contributed by atoms with van der Waals surface area (Å²) >= 11 is 0. The Bertz CT molecular complexity index is 639. The molecule has 0 spiro atoms. The van der Waals surface area contributed by atoms with Gasteiger partial charge < -0.3 is 11.1 Å². The Morgan fingerprint density at radius 3 is 3.15 bits per heavy atom. The molecule has 106 valence electrons. The van der Waals surface area contributed by atoms with E-state index in [0.717, 1.165) is 12.8 Å². The Morgan fingerprint density at radius 2 is 2.35 bits per heavy atom. The van der Waals surface area contributed by atoms with E-state index >= 15 is 0 Å². The second kappa shape index (κ2) is 5.11. The Morgan fingerprint density at radius 1 is 1.50 bits per heavy atom. The van der Waals surface area contributed by atoms with Gasteiger partial charge in [0, 0.05) is 17.9 Å². The third-order valence-electron chi connectivity index (χ3n) is 3.74. The van der Waals surface area contributed by atoms with Crippen molar-refractivity contribution in [2.45, 2.75) is 37.9 Å². The van der Waals surface area contributed by atoms with E-state index in [0.29, 0.717) is 29.6 Å². The molecule has 2 heterocycles. The van der Waals surface area contributed by atoms with Gasteiger partial charge in [-0.05, 0) is 37.8 Å². The monoisotopic (exact) mass is 276 g/mol. The number of amides is 1. The molecule has 0 bridgehead atoms. The van der Waals surface area contributed by atoms with Gasteiger partial charge in [0.1, 0.15) is 6.17 Å². The predicted octanol–water partition coefficient (Wildman–Crippen LogP) is 1.93. The number of nitrogen functional groups attached to an aromatic ring is 1. The van der Waals surface area contributed by atoms with Gasteiger partial charge in [-0.1, -0.05) is 0 Å². The van der Waals surface area contributed by atoms with E-state index in [1.54, 1.807) is 22.8 Å². The van der Waals surface area contributed by atoms with Gasteiger partial charge in [0.05, 0.1) is 17.3 Å². The Kier molecular flexibility index (Phi) is 3.30. The van der Waals surface area contributed by atoms with Crippen LogP contribution < -0.4 is 11.1 Å². The second-order valence-corrected chi connectivity index (χ2v) is 5.28. The van der Waals surface area contributed by atoms with E-state index in [1.807, 2.05) is 0 Å². The summed E-state index contributed by atoms with van der Waals surface area (Å²) in [5.74, 6) is -0.218. The lowest BCUT2D eigenvalue weighted by Crippen LogP contribution is -2.38. The molecule has 1 fully saturated rings. The minimum atomic E-state index is -0.811. The smallest absolute Gasteiger partial charge is 0.255 e. The van der Waals surface area contributed by atoms with Gasteiger partial charge in [-0.3, -0.25) is 4.79 Å². The summed E-state index contributed by atoms with van der Waals surface area (Å²) in [6.45, 7) is 0.